The fourth-order valence-electron chi connectivity index (χ4n) is 0.528. The van der Waals surface area contributed by atoms with Gasteiger partial charge in [-0.3, -0.25) is 0 Å². The van der Waals surface area contributed by atoms with Crippen LogP contribution in [0.2, 0.25) is 0 Å². The van der Waals surface area contributed by atoms with E-state index in [1.165, 1.54) is 13.0 Å². The van der Waals surface area contributed by atoms with Crippen LogP contribution >= 0.6 is 0 Å². The Bertz CT molecular complexity index is 162. The maximum absolute atomic E-state index is 10.7. The number of ether oxygens (including phenoxy) is 1. The number of carbonyl (C=O) groups excluding carboxylic acids is 1. The van der Waals surface area contributed by atoms with Gasteiger partial charge < -0.3 is 14.9 Å². The third-order valence-corrected chi connectivity index (χ3v) is 1.21. The average Bonchev–Trinajstić information content (AvgIpc) is 2.00. The molecular weight excluding hydrogens is 160 g/mol. The van der Waals surface area contributed by atoms with Crippen LogP contribution in [0.1, 0.15) is 13.8 Å². The maximum atomic E-state index is 10.7. The maximum Gasteiger partial charge on any atom is 0.330 e. The lowest BCUT2D eigenvalue weighted by molar-refractivity contribution is -0.137. The Morgan fingerprint density at radius 2 is 2.17 bits per heavy atom. The number of esters is 1. The first kappa shape index (κ1) is 11.1. The van der Waals surface area contributed by atoms with E-state index in [2.05, 4.69) is 4.74 Å². The Labute approximate surface area is 71.5 Å². The van der Waals surface area contributed by atoms with Gasteiger partial charge in [0.15, 0.2) is 0 Å². The SMILES string of the molecule is CCOC(=O)/C=C/[C@@H](O)[C@H](C)O. The molecule has 2 atom stereocenters. The number of rotatable bonds is 4. The molecule has 0 unspecified atom stereocenters. The lowest BCUT2D eigenvalue weighted by Gasteiger charge is -2.07. The van der Waals surface area contributed by atoms with Crippen molar-refractivity contribution in [3.8, 4) is 0 Å². The molecule has 0 saturated carbocycles. The van der Waals surface area contributed by atoms with Crippen LogP contribution in [0.3, 0.4) is 0 Å². The Kier molecular flexibility index (Phi) is 5.32. The molecule has 0 saturated heterocycles. The molecule has 0 aliphatic rings. The summed E-state index contributed by atoms with van der Waals surface area (Å²) in [6.07, 6.45) is 0.397. The van der Waals surface area contributed by atoms with Crippen molar-refractivity contribution in [2.75, 3.05) is 6.61 Å². The van der Waals surface area contributed by atoms with E-state index in [0.29, 0.717) is 6.61 Å². The van der Waals surface area contributed by atoms with Crippen molar-refractivity contribution in [2.24, 2.45) is 0 Å². The van der Waals surface area contributed by atoms with Crippen molar-refractivity contribution in [3.05, 3.63) is 12.2 Å². The van der Waals surface area contributed by atoms with Crippen LogP contribution in [0.4, 0.5) is 0 Å². The highest BCUT2D eigenvalue weighted by Crippen LogP contribution is 1.94. The zero-order valence-electron chi connectivity index (χ0n) is 7.23. The van der Waals surface area contributed by atoms with Gasteiger partial charge >= 0.3 is 5.97 Å². The fourth-order valence-corrected chi connectivity index (χ4v) is 0.528. The summed E-state index contributed by atoms with van der Waals surface area (Å²) >= 11 is 0. The fraction of sp³-hybridized carbons (Fsp3) is 0.625. The smallest absolute Gasteiger partial charge is 0.330 e. The molecule has 0 heterocycles. The normalized spacial score (nSPS) is 16.0. The van der Waals surface area contributed by atoms with Gasteiger partial charge in [-0.1, -0.05) is 0 Å². The quantitative estimate of drug-likeness (QED) is 0.459. The summed E-state index contributed by atoms with van der Waals surface area (Å²) in [4.78, 5) is 10.7. The second kappa shape index (κ2) is 5.74. The lowest BCUT2D eigenvalue weighted by Crippen LogP contribution is -2.20. The van der Waals surface area contributed by atoms with Gasteiger partial charge in [0, 0.05) is 6.08 Å². The Hall–Kier alpha value is -0.870. The second-order valence-corrected chi connectivity index (χ2v) is 2.34. The van der Waals surface area contributed by atoms with Gasteiger partial charge in [-0.15, -0.1) is 0 Å². The molecule has 4 nitrogen and oxygen atoms in total. The molecule has 0 aromatic carbocycles. The van der Waals surface area contributed by atoms with Gasteiger partial charge in [-0.05, 0) is 19.9 Å². The molecule has 0 aromatic rings. The van der Waals surface area contributed by atoms with E-state index in [4.69, 9.17) is 10.2 Å². The van der Waals surface area contributed by atoms with Gasteiger partial charge in [0.25, 0.3) is 0 Å². The molecule has 0 bridgehead atoms. The molecule has 0 rings (SSSR count). The Morgan fingerprint density at radius 1 is 1.58 bits per heavy atom. The third kappa shape index (κ3) is 4.87. The predicted molar refractivity (Wildman–Crippen MR) is 43.5 cm³/mol. The molecule has 0 radical (unpaired) electrons. The molecule has 4 heteroatoms. The van der Waals surface area contributed by atoms with Gasteiger partial charge in [0.1, 0.15) is 0 Å². The molecule has 0 aromatic heterocycles. The minimum atomic E-state index is -1.02. The average molecular weight is 174 g/mol. The third-order valence-electron chi connectivity index (χ3n) is 1.21. The summed E-state index contributed by atoms with van der Waals surface area (Å²) in [5, 5.41) is 17.8. The summed E-state index contributed by atoms with van der Waals surface area (Å²) < 4.78 is 4.55. The Morgan fingerprint density at radius 3 is 2.58 bits per heavy atom. The largest absolute Gasteiger partial charge is 0.463 e. The number of aliphatic hydroxyl groups excluding tert-OH is 2. The van der Waals surface area contributed by atoms with Crippen LogP contribution in [0.25, 0.3) is 0 Å². The van der Waals surface area contributed by atoms with Crippen LogP contribution in [-0.2, 0) is 9.53 Å². The van der Waals surface area contributed by atoms with Crippen LogP contribution < -0.4 is 0 Å². The zero-order chi connectivity index (χ0) is 9.56. The molecule has 12 heavy (non-hydrogen) atoms. The van der Waals surface area contributed by atoms with Crippen molar-refractivity contribution in [1.29, 1.82) is 0 Å². The molecular formula is C8H14O4. The number of aliphatic hydroxyl groups is 2. The van der Waals surface area contributed by atoms with Crippen LogP contribution in [0.5, 0.6) is 0 Å². The van der Waals surface area contributed by atoms with Gasteiger partial charge in [0.2, 0.25) is 0 Å². The monoisotopic (exact) mass is 174 g/mol. The molecule has 0 spiro atoms. The van der Waals surface area contributed by atoms with Crippen molar-refractivity contribution in [3.63, 3.8) is 0 Å². The van der Waals surface area contributed by atoms with E-state index in [-0.39, 0.29) is 0 Å². The topological polar surface area (TPSA) is 66.8 Å². The summed E-state index contributed by atoms with van der Waals surface area (Å²) in [6.45, 7) is 3.42. The summed E-state index contributed by atoms with van der Waals surface area (Å²) in [5.41, 5.74) is 0. The van der Waals surface area contributed by atoms with Gasteiger partial charge in [0.05, 0.1) is 18.8 Å². The van der Waals surface area contributed by atoms with E-state index in [1.54, 1.807) is 6.92 Å². The van der Waals surface area contributed by atoms with Gasteiger partial charge in [-0.2, -0.15) is 0 Å². The lowest BCUT2D eigenvalue weighted by atomic mass is 10.2. The van der Waals surface area contributed by atoms with Crippen molar-refractivity contribution in [2.45, 2.75) is 26.1 Å². The van der Waals surface area contributed by atoms with Crippen molar-refractivity contribution in [1.82, 2.24) is 0 Å². The van der Waals surface area contributed by atoms with Crippen LogP contribution in [-0.4, -0.2) is 35.0 Å². The van der Waals surface area contributed by atoms with Crippen molar-refractivity contribution >= 4 is 5.97 Å². The molecule has 2 N–H and O–H groups in total. The molecule has 0 fully saturated rings. The molecule has 0 amide bonds. The molecule has 0 aliphatic carbocycles. The Balaban J connectivity index is 3.81. The van der Waals surface area contributed by atoms with E-state index in [1.807, 2.05) is 0 Å². The van der Waals surface area contributed by atoms with E-state index >= 15 is 0 Å². The highest BCUT2D eigenvalue weighted by molar-refractivity contribution is 5.81. The number of carbonyl (C=O) groups is 1. The first-order valence-electron chi connectivity index (χ1n) is 3.79. The van der Waals surface area contributed by atoms with Crippen LogP contribution in [0.15, 0.2) is 12.2 Å². The van der Waals surface area contributed by atoms with Crippen molar-refractivity contribution < 1.29 is 19.7 Å². The number of hydrogen-bond donors (Lipinski definition) is 2. The summed E-state index contributed by atoms with van der Waals surface area (Å²) in [5.74, 6) is -0.516. The molecule has 70 valence electrons. The first-order chi connectivity index (χ1) is 5.57. The second-order valence-electron chi connectivity index (χ2n) is 2.34. The van der Waals surface area contributed by atoms with E-state index in [9.17, 15) is 4.79 Å². The minimum absolute atomic E-state index is 0.300. The van der Waals surface area contributed by atoms with Crippen LogP contribution in [0, 0.1) is 0 Å². The first-order valence-corrected chi connectivity index (χ1v) is 3.79. The summed E-state index contributed by atoms with van der Waals surface area (Å²) in [6, 6.07) is 0. The zero-order valence-corrected chi connectivity index (χ0v) is 7.23. The highest BCUT2D eigenvalue weighted by Gasteiger charge is 2.06. The predicted octanol–water partition coefficient (Wildman–Crippen LogP) is -0.153. The minimum Gasteiger partial charge on any atom is -0.463 e. The summed E-state index contributed by atoms with van der Waals surface area (Å²) in [7, 11) is 0. The highest BCUT2D eigenvalue weighted by atomic mass is 16.5. The van der Waals surface area contributed by atoms with E-state index < -0.39 is 18.2 Å². The number of hydrogen-bond acceptors (Lipinski definition) is 4. The van der Waals surface area contributed by atoms with Gasteiger partial charge in [-0.25, -0.2) is 4.79 Å². The standard InChI is InChI=1S/C8H14O4/c1-3-12-8(11)5-4-7(10)6(2)9/h4-7,9-10H,3H2,1-2H3/b5-4+/t6-,7+/m0/s1. The van der Waals surface area contributed by atoms with E-state index in [0.717, 1.165) is 6.08 Å². The molecule has 0 aliphatic heterocycles.